The lowest BCUT2D eigenvalue weighted by Crippen LogP contribution is -2.39. The molecule has 1 N–H and O–H groups in total. The Bertz CT molecular complexity index is 798. The van der Waals surface area contributed by atoms with Gasteiger partial charge < -0.3 is 14.8 Å². The van der Waals surface area contributed by atoms with Gasteiger partial charge in [-0.1, -0.05) is 23.2 Å². The summed E-state index contributed by atoms with van der Waals surface area (Å²) in [6.45, 7) is 4.03. The van der Waals surface area contributed by atoms with Crippen LogP contribution in [0, 0.1) is 0 Å². The number of piperidine rings is 1. The molecule has 0 bridgehead atoms. The van der Waals surface area contributed by atoms with Crippen molar-refractivity contribution >= 4 is 29.1 Å². The van der Waals surface area contributed by atoms with Crippen LogP contribution < -0.4 is 5.32 Å². The number of hydrogen-bond acceptors (Lipinski definition) is 4. The van der Waals surface area contributed by atoms with Crippen LogP contribution in [0.1, 0.15) is 40.8 Å². The van der Waals surface area contributed by atoms with Crippen molar-refractivity contribution in [2.45, 2.75) is 31.8 Å². The summed E-state index contributed by atoms with van der Waals surface area (Å²) in [5.74, 6) is 2.39. The number of rotatable bonds is 2. The second kappa shape index (κ2) is 6.94. The minimum absolute atomic E-state index is 0.0346. The fourth-order valence-corrected chi connectivity index (χ4v) is 4.08. The molecule has 6 nitrogen and oxygen atoms in total. The normalized spacial score (nSPS) is 18.2. The van der Waals surface area contributed by atoms with E-state index in [-0.39, 0.29) is 5.91 Å². The maximum absolute atomic E-state index is 12.7. The highest BCUT2D eigenvalue weighted by Gasteiger charge is 2.29. The lowest BCUT2D eigenvalue weighted by molar-refractivity contribution is 0.0710. The Labute approximate surface area is 156 Å². The lowest BCUT2D eigenvalue weighted by atomic mass is 9.95. The molecule has 0 spiro atoms. The predicted molar refractivity (Wildman–Crippen MR) is 96.1 cm³/mol. The molecule has 2 aromatic rings. The van der Waals surface area contributed by atoms with E-state index in [9.17, 15) is 4.79 Å². The third-order valence-electron chi connectivity index (χ3n) is 4.96. The first kappa shape index (κ1) is 16.8. The zero-order chi connectivity index (χ0) is 17.4. The number of halogens is 2. The van der Waals surface area contributed by atoms with Crippen molar-refractivity contribution in [3.05, 3.63) is 45.5 Å². The van der Waals surface area contributed by atoms with Gasteiger partial charge in [0.25, 0.3) is 5.91 Å². The third kappa shape index (κ3) is 3.26. The number of benzene rings is 1. The maximum atomic E-state index is 12.7. The molecule has 0 aliphatic carbocycles. The number of hydrogen-bond donors (Lipinski definition) is 1. The fourth-order valence-electron chi connectivity index (χ4n) is 3.59. The van der Waals surface area contributed by atoms with E-state index in [1.165, 1.54) is 0 Å². The molecule has 2 aliphatic rings. The molecule has 4 rings (SSSR count). The van der Waals surface area contributed by atoms with E-state index in [2.05, 4.69) is 20.1 Å². The molecule has 8 heteroatoms. The molecule has 1 saturated heterocycles. The Morgan fingerprint density at radius 3 is 2.72 bits per heavy atom. The molecule has 1 fully saturated rings. The van der Waals surface area contributed by atoms with Gasteiger partial charge in [0.1, 0.15) is 11.6 Å². The van der Waals surface area contributed by atoms with Crippen molar-refractivity contribution < 1.29 is 4.79 Å². The van der Waals surface area contributed by atoms with Gasteiger partial charge >= 0.3 is 0 Å². The van der Waals surface area contributed by atoms with E-state index in [4.69, 9.17) is 23.2 Å². The molecule has 1 amide bonds. The summed E-state index contributed by atoms with van der Waals surface area (Å²) >= 11 is 12.1. The van der Waals surface area contributed by atoms with Crippen LogP contribution in [0.2, 0.25) is 10.0 Å². The molecule has 0 saturated carbocycles. The number of amides is 1. The molecule has 2 aliphatic heterocycles. The van der Waals surface area contributed by atoms with Crippen molar-refractivity contribution in [2.75, 3.05) is 19.6 Å². The first-order valence-electron chi connectivity index (χ1n) is 8.50. The van der Waals surface area contributed by atoms with E-state index >= 15 is 0 Å². The van der Waals surface area contributed by atoms with E-state index in [1.807, 2.05) is 4.90 Å². The molecule has 0 radical (unpaired) electrons. The van der Waals surface area contributed by atoms with Gasteiger partial charge in [0.05, 0.1) is 17.1 Å². The SMILES string of the molecule is O=C(c1ccc(Cl)cc1Cl)N1CCC(c2nnc3n2CCNC3)CC1. The first-order valence-corrected chi connectivity index (χ1v) is 9.26. The summed E-state index contributed by atoms with van der Waals surface area (Å²) in [4.78, 5) is 14.6. The van der Waals surface area contributed by atoms with Gasteiger partial charge in [-0.25, -0.2) is 0 Å². The van der Waals surface area contributed by atoms with Crippen molar-refractivity contribution in [3.8, 4) is 0 Å². The minimum atomic E-state index is -0.0346. The second-order valence-corrected chi connectivity index (χ2v) is 7.34. The van der Waals surface area contributed by atoms with Crippen molar-refractivity contribution in [1.82, 2.24) is 25.0 Å². The van der Waals surface area contributed by atoms with Gasteiger partial charge in [-0.05, 0) is 31.0 Å². The zero-order valence-electron chi connectivity index (χ0n) is 13.7. The molecule has 0 atom stereocenters. The largest absolute Gasteiger partial charge is 0.339 e. The van der Waals surface area contributed by atoms with Crippen LogP contribution in [0.25, 0.3) is 0 Å². The number of carbonyl (C=O) groups is 1. The second-order valence-electron chi connectivity index (χ2n) is 6.49. The standard InChI is InChI=1S/C17H19Cl2N5O/c18-12-1-2-13(14(19)9-12)17(25)23-6-3-11(4-7-23)16-22-21-15-10-20-5-8-24(15)16/h1-2,9,11,20H,3-8,10H2. The Balaban J connectivity index is 1.44. The molecule has 25 heavy (non-hydrogen) atoms. The van der Waals surface area contributed by atoms with Gasteiger partial charge in [0.2, 0.25) is 0 Å². The lowest BCUT2D eigenvalue weighted by Gasteiger charge is -2.32. The molecular formula is C17H19Cl2N5O. The van der Waals surface area contributed by atoms with Crippen molar-refractivity contribution in [1.29, 1.82) is 0 Å². The monoisotopic (exact) mass is 379 g/mol. The van der Waals surface area contributed by atoms with Gasteiger partial charge in [-0.3, -0.25) is 4.79 Å². The van der Waals surface area contributed by atoms with Gasteiger partial charge in [-0.2, -0.15) is 0 Å². The van der Waals surface area contributed by atoms with Crippen LogP contribution in [0.5, 0.6) is 0 Å². The van der Waals surface area contributed by atoms with Crippen molar-refractivity contribution in [3.63, 3.8) is 0 Å². The highest BCUT2D eigenvalue weighted by Crippen LogP contribution is 2.30. The van der Waals surface area contributed by atoms with E-state index < -0.39 is 0 Å². The van der Waals surface area contributed by atoms with Crippen LogP contribution in [-0.2, 0) is 13.1 Å². The molecule has 1 aromatic carbocycles. The van der Waals surface area contributed by atoms with Gasteiger partial charge in [0, 0.05) is 37.1 Å². The summed E-state index contributed by atoms with van der Waals surface area (Å²) in [5, 5.41) is 12.9. The Morgan fingerprint density at radius 1 is 1.16 bits per heavy atom. The third-order valence-corrected chi connectivity index (χ3v) is 5.51. The quantitative estimate of drug-likeness (QED) is 0.870. The summed E-state index contributed by atoms with van der Waals surface area (Å²) in [5.41, 5.74) is 0.510. The zero-order valence-corrected chi connectivity index (χ0v) is 15.2. The molecule has 1 aromatic heterocycles. The van der Waals surface area contributed by atoms with E-state index in [0.29, 0.717) is 34.6 Å². The fraction of sp³-hybridized carbons (Fsp3) is 0.471. The van der Waals surface area contributed by atoms with Crippen LogP contribution in [0.4, 0.5) is 0 Å². The molecular weight excluding hydrogens is 361 g/mol. The van der Waals surface area contributed by atoms with E-state index in [1.54, 1.807) is 18.2 Å². The van der Waals surface area contributed by atoms with Crippen LogP contribution in [0.3, 0.4) is 0 Å². The number of fused-ring (bicyclic) bond motifs is 1. The first-order chi connectivity index (χ1) is 12.1. The smallest absolute Gasteiger partial charge is 0.255 e. The van der Waals surface area contributed by atoms with Crippen molar-refractivity contribution in [2.24, 2.45) is 0 Å². The summed E-state index contributed by atoms with van der Waals surface area (Å²) in [6.07, 6.45) is 1.78. The molecule has 3 heterocycles. The topological polar surface area (TPSA) is 63.1 Å². The Morgan fingerprint density at radius 2 is 1.96 bits per heavy atom. The van der Waals surface area contributed by atoms with Gasteiger partial charge in [0.15, 0.2) is 0 Å². The van der Waals surface area contributed by atoms with Crippen LogP contribution >= 0.6 is 23.2 Å². The summed E-state index contributed by atoms with van der Waals surface area (Å²) in [6, 6.07) is 5.00. The highest BCUT2D eigenvalue weighted by molar-refractivity contribution is 6.36. The van der Waals surface area contributed by atoms with E-state index in [0.717, 1.165) is 44.1 Å². The number of aromatic nitrogens is 3. The Kier molecular flexibility index (Phi) is 4.67. The summed E-state index contributed by atoms with van der Waals surface area (Å²) < 4.78 is 2.23. The van der Waals surface area contributed by atoms with Crippen LogP contribution in [0.15, 0.2) is 18.2 Å². The number of nitrogens with zero attached hydrogens (tertiary/aromatic N) is 4. The number of likely N-dealkylation sites (tertiary alicyclic amines) is 1. The minimum Gasteiger partial charge on any atom is -0.339 e. The van der Waals surface area contributed by atoms with Gasteiger partial charge in [-0.15, -0.1) is 10.2 Å². The predicted octanol–water partition coefficient (Wildman–Crippen LogP) is 2.71. The molecule has 132 valence electrons. The average Bonchev–Trinajstić information content (AvgIpc) is 3.05. The molecule has 0 unspecified atom stereocenters. The Hall–Kier alpha value is -1.63. The van der Waals surface area contributed by atoms with Crippen LogP contribution in [-0.4, -0.2) is 45.2 Å². The highest BCUT2D eigenvalue weighted by atomic mass is 35.5. The number of nitrogens with one attached hydrogen (secondary N) is 1. The number of carbonyl (C=O) groups excluding carboxylic acids is 1. The summed E-state index contributed by atoms with van der Waals surface area (Å²) in [7, 11) is 0. The average molecular weight is 380 g/mol. The maximum Gasteiger partial charge on any atom is 0.255 e.